The molecule has 9 heteroatoms. The minimum absolute atomic E-state index is 0.0291. The predicted octanol–water partition coefficient (Wildman–Crippen LogP) is 4.81. The van der Waals surface area contributed by atoms with Crippen LogP contribution in [-0.2, 0) is 4.79 Å². The van der Waals surface area contributed by atoms with Gasteiger partial charge in [0.25, 0.3) is 0 Å². The van der Waals surface area contributed by atoms with E-state index in [0.717, 1.165) is 16.5 Å². The number of aromatic amines is 1. The quantitative estimate of drug-likeness (QED) is 0.428. The number of nitrogens with zero attached hydrogens (tertiary/aromatic N) is 5. The highest BCUT2D eigenvalue weighted by atomic mass is 35.5. The average Bonchev–Trinajstić information content (AvgIpc) is 3.29. The second-order valence-electron chi connectivity index (χ2n) is 8.66. The molecule has 1 amide bonds. The topological polar surface area (TPSA) is 78.0 Å². The molecule has 34 heavy (non-hydrogen) atoms. The minimum Gasteiger partial charge on any atom is -0.350 e. The zero-order valence-electron chi connectivity index (χ0n) is 19.2. The number of fused-ring (bicyclic) bond motifs is 2. The van der Waals surface area contributed by atoms with Gasteiger partial charge in [0.2, 0.25) is 5.91 Å². The van der Waals surface area contributed by atoms with Crippen LogP contribution >= 0.6 is 11.6 Å². The number of H-pyrrole nitrogens is 1. The van der Waals surface area contributed by atoms with Crippen molar-refractivity contribution in [1.82, 2.24) is 25.1 Å². The molecule has 0 radical (unpaired) electrons. The maximum absolute atomic E-state index is 16.2. The van der Waals surface area contributed by atoms with Gasteiger partial charge in [-0.1, -0.05) is 24.2 Å². The molecule has 0 unspecified atom stereocenters. The van der Waals surface area contributed by atoms with E-state index in [1.165, 1.54) is 6.08 Å². The lowest BCUT2D eigenvalue weighted by Gasteiger charge is -2.40. The third-order valence-electron chi connectivity index (χ3n) is 6.44. The van der Waals surface area contributed by atoms with Crippen LogP contribution in [0.2, 0.25) is 5.02 Å². The second kappa shape index (κ2) is 8.36. The lowest BCUT2D eigenvalue weighted by molar-refractivity contribution is -0.126. The first-order chi connectivity index (χ1) is 16.3. The number of aromatic nitrogens is 4. The Morgan fingerprint density at radius 3 is 2.76 bits per heavy atom. The monoisotopic (exact) mass is 478 g/mol. The summed E-state index contributed by atoms with van der Waals surface area (Å²) in [5.41, 5.74) is 2.90. The van der Waals surface area contributed by atoms with E-state index in [-0.39, 0.29) is 22.5 Å². The molecule has 1 N–H and O–H groups in total. The van der Waals surface area contributed by atoms with Gasteiger partial charge in [-0.25, -0.2) is 14.4 Å². The van der Waals surface area contributed by atoms with Crippen LogP contribution in [0.1, 0.15) is 18.3 Å². The summed E-state index contributed by atoms with van der Waals surface area (Å²) >= 11 is 6.74. The number of carbonyl (C=O) groups excluding carboxylic acids is 1. The third kappa shape index (κ3) is 3.49. The van der Waals surface area contributed by atoms with Gasteiger partial charge in [-0.3, -0.25) is 9.89 Å². The Hall–Kier alpha value is -3.52. The van der Waals surface area contributed by atoms with Gasteiger partial charge >= 0.3 is 0 Å². The van der Waals surface area contributed by atoms with Gasteiger partial charge in [0.1, 0.15) is 17.2 Å². The second-order valence-corrected chi connectivity index (χ2v) is 9.06. The Labute approximate surface area is 201 Å². The number of hydrogen-bond acceptors (Lipinski definition) is 5. The van der Waals surface area contributed by atoms with E-state index in [2.05, 4.69) is 31.6 Å². The summed E-state index contributed by atoms with van der Waals surface area (Å²) in [7, 11) is 0. The van der Waals surface area contributed by atoms with E-state index in [9.17, 15) is 4.79 Å². The summed E-state index contributed by atoms with van der Waals surface area (Å²) in [6.07, 6.45) is 3.01. The van der Waals surface area contributed by atoms with E-state index in [1.807, 2.05) is 26.0 Å². The molecule has 1 saturated heterocycles. The van der Waals surface area contributed by atoms with Crippen LogP contribution in [0.3, 0.4) is 0 Å². The SMILES string of the molecule is C=CC(=O)N1CCN(c2nc(C)nc3c(F)c(-c4c(C)ccc5[nH]ncc45)c(Cl)cc23)[C@@H](C)C1. The fraction of sp³-hybridized carbons (Fsp3) is 0.280. The molecular weight excluding hydrogens is 455 g/mol. The minimum atomic E-state index is -0.487. The Kier molecular flexibility index (Phi) is 5.48. The first-order valence-corrected chi connectivity index (χ1v) is 11.4. The number of hydrogen-bond donors (Lipinski definition) is 1. The summed E-state index contributed by atoms with van der Waals surface area (Å²) in [5.74, 6) is 0.493. The predicted molar refractivity (Wildman–Crippen MR) is 133 cm³/mol. The number of carbonyl (C=O) groups is 1. The van der Waals surface area contributed by atoms with Crippen LogP contribution in [0.4, 0.5) is 10.2 Å². The fourth-order valence-electron chi connectivity index (χ4n) is 4.80. The first-order valence-electron chi connectivity index (χ1n) is 11.1. The van der Waals surface area contributed by atoms with Crippen LogP contribution in [0.15, 0.2) is 37.1 Å². The number of benzene rings is 2. The largest absolute Gasteiger partial charge is 0.350 e. The highest BCUT2D eigenvalue weighted by Gasteiger charge is 2.29. The molecule has 3 heterocycles. The molecule has 4 aromatic rings. The highest BCUT2D eigenvalue weighted by molar-refractivity contribution is 6.35. The molecule has 7 nitrogen and oxygen atoms in total. The van der Waals surface area contributed by atoms with Crippen LogP contribution in [0, 0.1) is 19.7 Å². The Balaban J connectivity index is 1.68. The summed E-state index contributed by atoms with van der Waals surface area (Å²) in [4.78, 5) is 25.0. The molecule has 1 fully saturated rings. The normalized spacial score (nSPS) is 16.4. The highest BCUT2D eigenvalue weighted by Crippen LogP contribution is 2.42. The average molecular weight is 479 g/mol. The van der Waals surface area contributed by atoms with E-state index >= 15 is 4.39 Å². The van der Waals surface area contributed by atoms with Crippen molar-refractivity contribution in [2.45, 2.75) is 26.8 Å². The molecule has 174 valence electrons. The molecule has 1 atom stereocenters. The maximum atomic E-state index is 16.2. The van der Waals surface area contributed by atoms with Gasteiger partial charge in [-0.2, -0.15) is 5.10 Å². The fourth-order valence-corrected chi connectivity index (χ4v) is 5.08. The molecule has 2 aromatic carbocycles. The van der Waals surface area contributed by atoms with Crippen LogP contribution in [0.25, 0.3) is 32.9 Å². The number of halogens is 2. The molecular formula is C25H24ClFN6O. The number of aryl methyl sites for hydroxylation is 2. The van der Waals surface area contributed by atoms with Crippen LogP contribution in [-0.4, -0.2) is 56.6 Å². The zero-order chi connectivity index (χ0) is 24.1. The lowest BCUT2D eigenvalue weighted by Crippen LogP contribution is -2.53. The molecule has 2 aromatic heterocycles. The molecule has 0 saturated carbocycles. The number of anilines is 1. The summed E-state index contributed by atoms with van der Waals surface area (Å²) in [6, 6.07) is 5.55. The van der Waals surface area contributed by atoms with Crippen molar-refractivity contribution in [3.05, 3.63) is 59.3 Å². The van der Waals surface area contributed by atoms with Crippen molar-refractivity contribution >= 4 is 45.1 Å². The molecule has 1 aliphatic heterocycles. The Morgan fingerprint density at radius 1 is 1.24 bits per heavy atom. The van der Waals surface area contributed by atoms with E-state index in [1.54, 1.807) is 24.1 Å². The Morgan fingerprint density at radius 2 is 2.03 bits per heavy atom. The Bertz CT molecular complexity index is 1470. The maximum Gasteiger partial charge on any atom is 0.246 e. The molecule has 0 aliphatic carbocycles. The molecule has 1 aliphatic rings. The molecule has 0 bridgehead atoms. The van der Waals surface area contributed by atoms with Crippen molar-refractivity contribution in [3.63, 3.8) is 0 Å². The van der Waals surface area contributed by atoms with Crippen molar-refractivity contribution < 1.29 is 9.18 Å². The number of amides is 1. The standard InChI is InChI=1S/C25H24ClFN6O/c1-5-20(34)32-8-9-33(14(3)12-32)25-16-10-18(26)22(23(27)24(16)29-15(4)30-25)21-13(2)6-7-19-17(21)11-28-31-19/h5-7,10-11,14H,1,8-9,12H2,2-4H3,(H,28,31)/t14-/m0/s1. The number of nitrogens with one attached hydrogen (secondary N) is 1. The molecule has 5 rings (SSSR count). The van der Waals surface area contributed by atoms with Gasteiger partial charge in [0.05, 0.1) is 16.7 Å². The van der Waals surface area contributed by atoms with Gasteiger partial charge in [0.15, 0.2) is 5.82 Å². The van der Waals surface area contributed by atoms with E-state index in [4.69, 9.17) is 11.6 Å². The lowest BCUT2D eigenvalue weighted by atomic mass is 9.95. The van der Waals surface area contributed by atoms with Crippen molar-refractivity contribution in [2.24, 2.45) is 0 Å². The summed E-state index contributed by atoms with van der Waals surface area (Å²) < 4.78 is 16.2. The van der Waals surface area contributed by atoms with Gasteiger partial charge in [-0.05, 0) is 44.5 Å². The van der Waals surface area contributed by atoms with E-state index in [0.29, 0.717) is 47.8 Å². The summed E-state index contributed by atoms with van der Waals surface area (Å²) in [6.45, 7) is 10.9. The number of piperazine rings is 1. The van der Waals surface area contributed by atoms with E-state index < -0.39 is 5.82 Å². The van der Waals surface area contributed by atoms with Gasteiger partial charge in [-0.15, -0.1) is 0 Å². The third-order valence-corrected chi connectivity index (χ3v) is 6.74. The van der Waals surface area contributed by atoms with Crippen molar-refractivity contribution in [2.75, 3.05) is 24.5 Å². The van der Waals surface area contributed by atoms with Crippen molar-refractivity contribution in [3.8, 4) is 11.1 Å². The van der Waals surface area contributed by atoms with Gasteiger partial charge < -0.3 is 9.80 Å². The molecule has 0 spiro atoms. The zero-order valence-corrected chi connectivity index (χ0v) is 19.9. The first kappa shape index (κ1) is 22.3. The number of rotatable bonds is 3. The van der Waals surface area contributed by atoms with Crippen LogP contribution < -0.4 is 4.90 Å². The smallest absolute Gasteiger partial charge is 0.246 e. The van der Waals surface area contributed by atoms with Crippen LogP contribution in [0.5, 0.6) is 0 Å². The van der Waals surface area contributed by atoms with Gasteiger partial charge in [0, 0.05) is 47.6 Å². The van der Waals surface area contributed by atoms with Crippen molar-refractivity contribution in [1.29, 1.82) is 0 Å². The summed E-state index contributed by atoms with van der Waals surface area (Å²) in [5, 5.41) is 8.67.